The molecular weight excluding hydrogens is 106 g/mol. The maximum atomic E-state index is 4.41. The van der Waals surface area contributed by atoms with Crippen LogP contribution in [0, 0.1) is 0 Å². The summed E-state index contributed by atoms with van der Waals surface area (Å²) >= 11 is 0. The molecule has 1 aliphatic rings. The second kappa shape index (κ2) is 2.20. The van der Waals surface area contributed by atoms with Crippen molar-refractivity contribution in [1.29, 1.82) is 0 Å². The number of nitrogens with zero attached hydrogens (tertiary/aromatic N) is 3. The zero-order chi connectivity index (χ0) is 5.82. The highest BCUT2D eigenvalue weighted by molar-refractivity contribution is 6.34. The minimum absolute atomic E-state index is 0.507. The molecule has 0 amide bonds. The van der Waals surface area contributed by atoms with Gasteiger partial charge in [0.15, 0.2) is 0 Å². The van der Waals surface area contributed by atoms with E-state index in [0.717, 1.165) is 0 Å². The van der Waals surface area contributed by atoms with Crippen molar-refractivity contribution in [3.8, 4) is 0 Å². The smallest absolute Gasteiger partial charge is 0.211 e. The first-order valence-corrected chi connectivity index (χ1v) is 2.10. The summed E-state index contributed by atoms with van der Waals surface area (Å²) < 4.78 is 0. The maximum absolute atomic E-state index is 4.41. The summed E-state index contributed by atoms with van der Waals surface area (Å²) in [7, 11) is 1.47. The molecule has 0 bridgehead atoms. The minimum atomic E-state index is 0.507. The molecule has 42 valence electrons. The highest BCUT2D eigenvalue weighted by atomic mass is 16.6. The first kappa shape index (κ1) is 4.96. The van der Waals surface area contributed by atoms with Crippen LogP contribution >= 0.6 is 0 Å². The van der Waals surface area contributed by atoms with Gasteiger partial charge in [-0.05, 0) is 0 Å². The fourth-order valence-electron chi connectivity index (χ4n) is 0.366. The van der Waals surface area contributed by atoms with E-state index in [2.05, 4.69) is 20.0 Å². The summed E-state index contributed by atoms with van der Waals surface area (Å²) in [5.74, 6) is 0.507. The van der Waals surface area contributed by atoms with Gasteiger partial charge in [0.2, 0.25) is 5.84 Å². The summed E-state index contributed by atoms with van der Waals surface area (Å²) in [6.07, 6.45) is 2.93. The Morgan fingerprint density at radius 1 is 1.75 bits per heavy atom. The van der Waals surface area contributed by atoms with E-state index in [1.807, 2.05) is 0 Å². The molecule has 0 fully saturated rings. The third kappa shape index (κ3) is 0.900. The van der Waals surface area contributed by atoms with Gasteiger partial charge in [0, 0.05) is 0 Å². The molecule has 1 rings (SSSR count). The van der Waals surface area contributed by atoms with Crippen LogP contribution in [0.3, 0.4) is 0 Å². The first-order chi connectivity index (χ1) is 3.93. The molecule has 0 spiro atoms. The van der Waals surface area contributed by atoms with Gasteiger partial charge in [-0.3, -0.25) is 0 Å². The molecule has 4 heteroatoms. The summed E-state index contributed by atoms with van der Waals surface area (Å²) in [4.78, 5) is 11.8. The van der Waals surface area contributed by atoms with Crippen molar-refractivity contribution in [2.45, 2.75) is 0 Å². The second-order valence-corrected chi connectivity index (χ2v) is 1.15. The van der Waals surface area contributed by atoms with Crippen LogP contribution in [0.15, 0.2) is 15.1 Å². The van der Waals surface area contributed by atoms with Gasteiger partial charge in [-0.25, -0.2) is 9.98 Å². The number of rotatable bonds is 1. The highest BCUT2D eigenvalue weighted by Gasteiger charge is 1.93. The van der Waals surface area contributed by atoms with Gasteiger partial charge in [-0.15, -0.1) is 0 Å². The predicted octanol–water partition coefficient (Wildman–Crippen LogP) is 0.0590. The average Bonchev–Trinajstić information content (AvgIpc) is 2.19. The van der Waals surface area contributed by atoms with Crippen molar-refractivity contribution in [2.75, 3.05) is 7.11 Å². The Labute approximate surface area is 46.6 Å². The molecule has 1 aliphatic heterocycles. The number of amidine groups is 1. The van der Waals surface area contributed by atoms with Crippen molar-refractivity contribution in [2.24, 2.45) is 15.1 Å². The standard InChI is InChI=1S/C4H5N3O/c1-8-7-4-2-5-3-6-4/h2-3H,1H3. The zero-order valence-corrected chi connectivity index (χ0v) is 4.40. The molecule has 0 unspecified atom stereocenters. The van der Waals surface area contributed by atoms with Crippen molar-refractivity contribution in [3.63, 3.8) is 0 Å². The molecule has 0 atom stereocenters. The summed E-state index contributed by atoms with van der Waals surface area (Å²) in [5, 5.41) is 3.49. The molecule has 0 saturated heterocycles. The minimum Gasteiger partial charge on any atom is -0.397 e. The molecule has 0 aromatic heterocycles. The van der Waals surface area contributed by atoms with E-state index in [4.69, 9.17) is 0 Å². The van der Waals surface area contributed by atoms with Gasteiger partial charge >= 0.3 is 0 Å². The summed E-state index contributed by atoms with van der Waals surface area (Å²) in [6, 6.07) is 0. The normalized spacial score (nSPS) is 20.4. The van der Waals surface area contributed by atoms with Crippen molar-refractivity contribution in [1.82, 2.24) is 0 Å². The molecule has 0 aromatic rings. The lowest BCUT2D eigenvalue weighted by Crippen LogP contribution is -1.89. The molecule has 0 radical (unpaired) electrons. The Morgan fingerprint density at radius 3 is 3.12 bits per heavy atom. The number of hydrogen-bond donors (Lipinski definition) is 0. The molecule has 0 aliphatic carbocycles. The summed E-state index contributed by atoms with van der Waals surface area (Å²) in [5.41, 5.74) is 0. The van der Waals surface area contributed by atoms with Crippen LogP contribution in [-0.4, -0.2) is 25.5 Å². The predicted molar refractivity (Wildman–Crippen MR) is 31.4 cm³/mol. The van der Waals surface area contributed by atoms with Crippen LogP contribution in [0.4, 0.5) is 0 Å². The Bertz CT molecular complexity index is 145. The summed E-state index contributed by atoms with van der Waals surface area (Å²) in [6.45, 7) is 0. The Kier molecular flexibility index (Phi) is 1.37. The van der Waals surface area contributed by atoms with E-state index < -0.39 is 0 Å². The topological polar surface area (TPSA) is 46.3 Å². The number of hydrogen-bond acceptors (Lipinski definition) is 3. The van der Waals surface area contributed by atoms with E-state index >= 15 is 0 Å². The third-order valence-electron chi connectivity index (χ3n) is 0.631. The van der Waals surface area contributed by atoms with Crippen molar-refractivity contribution >= 4 is 18.4 Å². The van der Waals surface area contributed by atoms with Crippen molar-refractivity contribution in [3.05, 3.63) is 0 Å². The van der Waals surface area contributed by atoms with E-state index in [9.17, 15) is 0 Å². The molecule has 0 aromatic carbocycles. The van der Waals surface area contributed by atoms with Gasteiger partial charge in [-0.1, -0.05) is 5.16 Å². The monoisotopic (exact) mass is 111 g/mol. The molecule has 0 N–H and O–H groups in total. The van der Waals surface area contributed by atoms with E-state index in [-0.39, 0.29) is 0 Å². The Morgan fingerprint density at radius 2 is 2.62 bits per heavy atom. The fourth-order valence-corrected chi connectivity index (χ4v) is 0.366. The van der Waals surface area contributed by atoms with Crippen LogP contribution in [0.1, 0.15) is 0 Å². The third-order valence-corrected chi connectivity index (χ3v) is 0.631. The van der Waals surface area contributed by atoms with Gasteiger partial charge in [0.05, 0.1) is 6.21 Å². The first-order valence-electron chi connectivity index (χ1n) is 2.10. The van der Waals surface area contributed by atoms with Crippen LogP contribution in [-0.2, 0) is 4.84 Å². The van der Waals surface area contributed by atoms with Gasteiger partial charge in [-0.2, -0.15) is 0 Å². The molecule has 4 nitrogen and oxygen atoms in total. The average molecular weight is 111 g/mol. The van der Waals surface area contributed by atoms with Crippen LogP contribution in [0.2, 0.25) is 0 Å². The lowest BCUT2D eigenvalue weighted by molar-refractivity contribution is 0.214. The maximum Gasteiger partial charge on any atom is 0.211 e. The van der Waals surface area contributed by atoms with E-state index in [1.54, 1.807) is 0 Å². The van der Waals surface area contributed by atoms with Crippen LogP contribution in [0.25, 0.3) is 0 Å². The van der Waals surface area contributed by atoms with Gasteiger partial charge in [0.1, 0.15) is 13.4 Å². The van der Waals surface area contributed by atoms with E-state index in [0.29, 0.717) is 5.84 Å². The lowest BCUT2D eigenvalue weighted by atomic mass is 10.7. The zero-order valence-electron chi connectivity index (χ0n) is 4.40. The highest BCUT2D eigenvalue weighted by Crippen LogP contribution is 1.83. The quantitative estimate of drug-likeness (QED) is 0.441. The Balaban J connectivity index is 2.60. The van der Waals surface area contributed by atoms with Crippen LogP contribution in [0.5, 0.6) is 0 Å². The molecule has 8 heavy (non-hydrogen) atoms. The van der Waals surface area contributed by atoms with Crippen LogP contribution < -0.4 is 0 Å². The number of oxime groups is 1. The Hall–Kier alpha value is -1.19. The molecule has 0 saturated carbocycles. The second-order valence-electron chi connectivity index (χ2n) is 1.15. The number of aliphatic imine (C=N–C) groups is 2. The largest absolute Gasteiger partial charge is 0.397 e. The van der Waals surface area contributed by atoms with Gasteiger partial charge < -0.3 is 4.84 Å². The van der Waals surface area contributed by atoms with Gasteiger partial charge in [0.25, 0.3) is 0 Å². The van der Waals surface area contributed by atoms with E-state index in [1.165, 1.54) is 19.7 Å². The molecule has 1 heterocycles. The SMILES string of the molecule is CON=C1C=NC=N1. The fraction of sp³-hybridized carbons (Fsp3) is 0.250. The van der Waals surface area contributed by atoms with Crippen molar-refractivity contribution < 1.29 is 4.84 Å². The molecular formula is C4H5N3O. The lowest BCUT2D eigenvalue weighted by Gasteiger charge is -1.82.